The summed E-state index contributed by atoms with van der Waals surface area (Å²) < 4.78 is 0. The molecule has 2 N–H and O–H groups in total. The number of carbonyl (C=O) groups excluding carboxylic acids is 2. The number of amidine groups is 1. The maximum atomic E-state index is 12.0. The van der Waals surface area contributed by atoms with Crippen molar-refractivity contribution in [2.45, 2.75) is 46.1 Å². The van der Waals surface area contributed by atoms with E-state index in [-0.39, 0.29) is 22.9 Å². The molecule has 122 valence electrons. The number of nitrogens with zero attached hydrogens (tertiary/aromatic N) is 2. The van der Waals surface area contributed by atoms with E-state index in [1.807, 2.05) is 0 Å². The Balaban J connectivity index is 1.91. The number of isocyanates is 1. The van der Waals surface area contributed by atoms with Gasteiger partial charge in [0.05, 0.1) is 12.6 Å². The molecule has 2 rings (SSSR count). The van der Waals surface area contributed by atoms with E-state index < -0.39 is 0 Å². The Hall–Kier alpha value is -1.33. The number of urea groups is 1. The molecule has 2 aliphatic rings. The quantitative estimate of drug-likeness (QED) is 0.617. The second-order valence-corrected chi connectivity index (χ2v) is 8.36. The van der Waals surface area contributed by atoms with E-state index in [2.05, 4.69) is 41.4 Å². The molecular weight excluding hydrogens is 300 g/mol. The van der Waals surface area contributed by atoms with E-state index >= 15 is 0 Å². The molecule has 2 amide bonds. The third-order valence-electron chi connectivity index (χ3n) is 4.14. The number of hydrogen-bond donors (Lipinski definition) is 2. The molecular formula is C15H24N4O2S. The van der Waals surface area contributed by atoms with Gasteiger partial charge >= 0.3 is 6.03 Å². The van der Waals surface area contributed by atoms with Gasteiger partial charge in [-0.15, -0.1) is 0 Å². The SMILES string of the molecule is CC1(C)CC(N=C=O)CC(C)(CNC(=O)NC2=NCCS2)C1. The fourth-order valence-electron chi connectivity index (χ4n) is 3.72. The van der Waals surface area contributed by atoms with Gasteiger partial charge in [0.25, 0.3) is 0 Å². The van der Waals surface area contributed by atoms with Crippen LogP contribution in [0.15, 0.2) is 9.98 Å². The molecule has 6 nitrogen and oxygen atoms in total. The lowest BCUT2D eigenvalue weighted by Gasteiger charge is -2.45. The summed E-state index contributed by atoms with van der Waals surface area (Å²) in [5, 5.41) is 6.40. The molecule has 0 aromatic carbocycles. The first-order valence-corrected chi connectivity index (χ1v) is 8.60. The van der Waals surface area contributed by atoms with E-state index in [1.54, 1.807) is 17.8 Å². The Morgan fingerprint density at radius 2 is 2.23 bits per heavy atom. The summed E-state index contributed by atoms with van der Waals surface area (Å²) in [6.07, 6.45) is 4.35. The molecule has 0 radical (unpaired) electrons. The zero-order valence-electron chi connectivity index (χ0n) is 13.4. The van der Waals surface area contributed by atoms with Gasteiger partial charge in [0.1, 0.15) is 0 Å². The highest BCUT2D eigenvalue weighted by Crippen LogP contribution is 2.46. The second-order valence-electron chi connectivity index (χ2n) is 7.28. The normalized spacial score (nSPS) is 30.1. The van der Waals surface area contributed by atoms with Crippen LogP contribution in [0.4, 0.5) is 4.79 Å². The minimum absolute atomic E-state index is 0.00845. The van der Waals surface area contributed by atoms with Crippen LogP contribution in [0.2, 0.25) is 0 Å². The lowest BCUT2D eigenvalue weighted by Crippen LogP contribution is -2.47. The first-order chi connectivity index (χ1) is 10.3. The largest absolute Gasteiger partial charge is 0.337 e. The van der Waals surface area contributed by atoms with Crippen LogP contribution in [-0.2, 0) is 4.79 Å². The molecule has 0 bridgehead atoms. The molecule has 1 aliphatic heterocycles. The number of amides is 2. The van der Waals surface area contributed by atoms with Gasteiger partial charge < -0.3 is 5.32 Å². The van der Waals surface area contributed by atoms with Crippen LogP contribution in [-0.4, -0.2) is 42.2 Å². The van der Waals surface area contributed by atoms with Crippen molar-refractivity contribution < 1.29 is 9.59 Å². The highest BCUT2D eigenvalue weighted by Gasteiger charge is 2.41. The number of carbonyl (C=O) groups is 1. The van der Waals surface area contributed by atoms with Crippen molar-refractivity contribution in [3.05, 3.63) is 0 Å². The molecule has 7 heteroatoms. The predicted molar refractivity (Wildman–Crippen MR) is 88.9 cm³/mol. The number of nitrogens with one attached hydrogen (secondary N) is 2. The highest BCUT2D eigenvalue weighted by atomic mass is 32.2. The maximum Gasteiger partial charge on any atom is 0.320 e. The van der Waals surface area contributed by atoms with Crippen LogP contribution in [0.1, 0.15) is 40.0 Å². The van der Waals surface area contributed by atoms with Crippen LogP contribution in [0.5, 0.6) is 0 Å². The first-order valence-electron chi connectivity index (χ1n) is 7.61. The molecule has 1 fully saturated rings. The molecule has 2 atom stereocenters. The molecule has 1 aliphatic carbocycles. The molecule has 0 aromatic heterocycles. The Kier molecular flexibility index (Phi) is 5.29. The van der Waals surface area contributed by atoms with Crippen molar-refractivity contribution in [2.75, 3.05) is 18.8 Å². The standard InChI is InChI=1S/C15H24N4O2S/c1-14(2)6-11(18-10-20)7-15(3,8-14)9-17-12(21)19-13-16-4-5-22-13/h11H,4-9H2,1-3H3,(H2,16,17,19,21). The third kappa shape index (κ3) is 4.85. The van der Waals surface area contributed by atoms with Gasteiger partial charge in [0, 0.05) is 12.3 Å². The van der Waals surface area contributed by atoms with E-state index in [0.29, 0.717) is 11.7 Å². The Labute approximate surface area is 135 Å². The fourth-order valence-corrected chi connectivity index (χ4v) is 4.45. The molecule has 1 heterocycles. The van der Waals surface area contributed by atoms with Gasteiger partial charge in [-0.3, -0.25) is 10.3 Å². The number of aliphatic imine (C=N–C) groups is 2. The summed E-state index contributed by atoms with van der Waals surface area (Å²) in [6, 6.07) is -0.223. The van der Waals surface area contributed by atoms with Crippen LogP contribution in [0.3, 0.4) is 0 Å². The van der Waals surface area contributed by atoms with Crippen molar-refractivity contribution in [3.8, 4) is 0 Å². The Morgan fingerprint density at radius 1 is 1.45 bits per heavy atom. The summed E-state index contributed by atoms with van der Waals surface area (Å²) in [4.78, 5) is 30.6. The number of thioether (sulfide) groups is 1. The smallest absolute Gasteiger partial charge is 0.320 e. The van der Waals surface area contributed by atoms with E-state index in [0.717, 1.165) is 31.6 Å². The van der Waals surface area contributed by atoms with E-state index in [9.17, 15) is 9.59 Å². The summed E-state index contributed by atoms with van der Waals surface area (Å²) in [5.74, 6) is 0.924. The van der Waals surface area contributed by atoms with Gasteiger partial charge in [-0.2, -0.15) is 0 Å². The fraction of sp³-hybridized carbons (Fsp3) is 0.800. The molecule has 2 unspecified atom stereocenters. The van der Waals surface area contributed by atoms with E-state index in [1.165, 1.54) is 0 Å². The van der Waals surface area contributed by atoms with Crippen molar-refractivity contribution in [3.63, 3.8) is 0 Å². The Bertz CT molecular complexity index is 514. The van der Waals surface area contributed by atoms with Crippen molar-refractivity contribution in [1.82, 2.24) is 10.6 Å². The van der Waals surface area contributed by atoms with Gasteiger partial charge in [-0.25, -0.2) is 14.6 Å². The summed E-state index contributed by atoms with van der Waals surface area (Å²) in [6.45, 7) is 7.83. The molecule has 1 saturated carbocycles. The van der Waals surface area contributed by atoms with Gasteiger partial charge in [-0.1, -0.05) is 32.5 Å². The topological polar surface area (TPSA) is 82.9 Å². The molecule has 22 heavy (non-hydrogen) atoms. The second kappa shape index (κ2) is 6.84. The zero-order valence-corrected chi connectivity index (χ0v) is 14.3. The molecule has 0 spiro atoms. The summed E-state index contributed by atoms with van der Waals surface area (Å²) >= 11 is 1.56. The summed E-state index contributed by atoms with van der Waals surface area (Å²) in [7, 11) is 0. The average molecular weight is 324 g/mol. The first kappa shape index (κ1) is 17.0. The summed E-state index contributed by atoms with van der Waals surface area (Å²) in [5.41, 5.74) is 0.0241. The lowest BCUT2D eigenvalue weighted by molar-refractivity contribution is 0.0852. The molecule has 0 aromatic rings. The monoisotopic (exact) mass is 324 g/mol. The van der Waals surface area contributed by atoms with Crippen LogP contribution in [0.25, 0.3) is 0 Å². The number of rotatable bonds is 3. The van der Waals surface area contributed by atoms with Crippen LogP contribution < -0.4 is 10.6 Å². The number of hydrogen-bond acceptors (Lipinski definition) is 5. The van der Waals surface area contributed by atoms with Crippen molar-refractivity contribution >= 4 is 29.0 Å². The van der Waals surface area contributed by atoms with Gasteiger partial charge in [0.2, 0.25) is 6.08 Å². The minimum Gasteiger partial charge on any atom is -0.337 e. The Morgan fingerprint density at radius 3 is 2.86 bits per heavy atom. The predicted octanol–water partition coefficient (Wildman–Crippen LogP) is 2.31. The maximum absolute atomic E-state index is 12.0. The zero-order chi connectivity index (χ0) is 16.2. The minimum atomic E-state index is -0.215. The van der Waals surface area contributed by atoms with Crippen LogP contribution >= 0.6 is 11.8 Å². The van der Waals surface area contributed by atoms with E-state index in [4.69, 9.17) is 0 Å². The highest BCUT2D eigenvalue weighted by molar-refractivity contribution is 8.14. The molecule has 0 saturated heterocycles. The van der Waals surface area contributed by atoms with Crippen molar-refractivity contribution in [1.29, 1.82) is 0 Å². The lowest BCUT2D eigenvalue weighted by atomic mass is 9.63. The van der Waals surface area contributed by atoms with Gasteiger partial charge in [0.15, 0.2) is 5.17 Å². The van der Waals surface area contributed by atoms with Gasteiger partial charge in [-0.05, 0) is 30.1 Å². The third-order valence-corrected chi connectivity index (χ3v) is 5.03. The van der Waals surface area contributed by atoms with Crippen molar-refractivity contribution in [2.24, 2.45) is 20.8 Å². The average Bonchev–Trinajstić information content (AvgIpc) is 2.87. The van der Waals surface area contributed by atoms with Crippen LogP contribution in [0, 0.1) is 10.8 Å².